The Kier molecular flexibility index (Phi) is 14.6. The highest BCUT2D eigenvalue weighted by atomic mass is 16.6. The quantitative estimate of drug-likeness (QED) is 0.137. The van der Waals surface area contributed by atoms with Gasteiger partial charge in [0.15, 0.2) is 12.2 Å². The summed E-state index contributed by atoms with van der Waals surface area (Å²) in [6.45, 7) is 5.87. The minimum atomic E-state index is -1.42. The second-order valence-electron chi connectivity index (χ2n) is 10.5. The lowest BCUT2D eigenvalue weighted by Gasteiger charge is -2.21. The van der Waals surface area contributed by atoms with Crippen LogP contribution in [0.4, 0.5) is 0 Å². The van der Waals surface area contributed by atoms with E-state index < -0.39 is 36.5 Å². The van der Waals surface area contributed by atoms with Gasteiger partial charge >= 0.3 is 5.97 Å². The van der Waals surface area contributed by atoms with E-state index in [-0.39, 0.29) is 30.2 Å². The van der Waals surface area contributed by atoms with E-state index in [0.717, 1.165) is 25.2 Å². The largest absolute Gasteiger partial charge is 0.445 e. The van der Waals surface area contributed by atoms with Crippen LogP contribution in [0.2, 0.25) is 0 Å². The molecule has 0 aliphatic carbocycles. The Morgan fingerprint density at radius 3 is 2.13 bits per heavy atom. The fourth-order valence-electron chi connectivity index (χ4n) is 4.22. The summed E-state index contributed by atoms with van der Waals surface area (Å²) in [4.78, 5) is 20.6. The number of carbonyl (C=O) groups excluding carboxylic acids is 1. The van der Waals surface area contributed by atoms with Gasteiger partial charge in [-0.1, -0.05) is 71.6 Å². The molecule has 0 aromatic carbocycles. The number of carbonyl (C=O) groups is 1. The van der Waals surface area contributed by atoms with Gasteiger partial charge < -0.3 is 34.0 Å². The molecule has 0 saturated heterocycles. The van der Waals surface area contributed by atoms with Gasteiger partial charge in [-0.3, -0.25) is 4.79 Å². The smallest absolute Gasteiger partial charge is 0.307 e. The van der Waals surface area contributed by atoms with Crippen molar-refractivity contribution in [2.45, 2.75) is 128 Å². The lowest BCUT2D eigenvalue weighted by atomic mass is 10.0. The fraction of sp³-hybridized carbons (Fsp3) is 0.750. The van der Waals surface area contributed by atoms with Gasteiger partial charge in [0.25, 0.3) is 0 Å². The fourth-order valence-corrected chi connectivity index (χ4v) is 4.22. The number of unbranched alkanes of at least 4 members (excludes halogenated alkanes) is 8. The zero-order valence-electron chi connectivity index (χ0n) is 23.0. The molecular weight excluding hydrogens is 492 g/mol. The first-order valence-electron chi connectivity index (χ1n) is 13.9. The molecule has 0 aliphatic heterocycles. The Bertz CT molecular complexity index is 883. The first-order valence-corrected chi connectivity index (χ1v) is 13.9. The van der Waals surface area contributed by atoms with Crippen molar-refractivity contribution in [3.05, 3.63) is 36.2 Å². The van der Waals surface area contributed by atoms with Crippen LogP contribution in [0.25, 0.3) is 0 Å². The molecule has 2 aromatic rings. The molecule has 0 fully saturated rings. The number of ether oxygens (including phenoxy) is 1. The van der Waals surface area contributed by atoms with Crippen molar-refractivity contribution in [3.8, 4) is 0 Å². The Morgan fingerprint density at radius 1 is 0.921 bits per heavy atom. The highest BCUT2D eigenvalue weighted by Crippen LogP contribution is 2.29. The van der Waals surface area contributed by atoms with Gasteiger partial charge in [0.1, 0.15) is 24.2 Å². The van der Waals surface area contributed by atoms with E-state index in [0.29, 0.717) is 0 Å². The highest BCUT2D eigenvalue weighted by molar-refractivity contribution is 5.69. The molecule has 10 nitrogen and oxygen atoms in total. The molecule has 0 spiro atoms. The first-order chi connectivity index (χ1) is 18.2. The Labute approximate surface area is 225 Å². The average molecular weight is 539 g/mol. The lowest BCUT2D eigenvalue weighted by molar-refractivity contribution is -0.149. The summed E-state index contributed by atoms with van der Waals surface area (Å²) >= 11 is 0. The summed E-state index contributed by atoms with van der Waals surface area (Å²) in [5, 5.41) is 39.6. The van der Waals surface area contributed by atoms with Gasteiger partial charge in [0.05, 0.1) is 18.4 Å². The van der Waals surface area contributed by atoms with E-state index in [1.807, 2.05) is 0 Å². The standard InChI is InChI=1S/C28H46N2O8/c1-19(2)13-11-9-7-5-4-6-8-10-12-14-25(34)38-27(24-16-29-18-37-24)28-30-21(17-36-28)22(32)15-23(33)26(35)20(3)31/h16-20,22-23,26-27,31-33,35H,4-15H2,1-3H3/t20-,22+,23-,26+,27+/m0/s1. The summed E-state index contributed by atoms with van der Waals surface area (Å²) in [7, 11) is 0. The maximum atomic E-state index is 12.5. The number of oxazole rings is 2. The van der Waals surface area contributed by atoms with Gasteiger partial charge in [-0.25, -0.2) is 9.97 Å². The van der Waals surface area contributed by atoms with Crippen molar-refractivity contribution in [2.75, 3.05) is 0 Å². The third-order valence-electron chi connectivity index (χ3n) is 6.58. The number of nitrogens with zero attached hydrogens (tertiary/aromatic N) is 2. The molecular formula is C28H46N2O8. The van der Waals surface area contributed by atoms with E-state index in [1.54, 1.807) is 0 Å². The summed E-state index contributed by atoms with van der Waals surface area (Å²) in [6, 6.07) is 0. The van der Waals surface area contributed by atoms with Gasteiger partial charge in [-0.05, 0) is 19.3 Å². The number of hydrogen-bond acceptors (Lipinski definition) is 10. The summed E-state index contributed by atoms with van der Waals surface area (Å²) < 4.78 is 16.3. The number of esters is 1. The SMILES string of the molecule is CC(C)CCCCCCCCCCCC(=O)O[C@H](c1cnco1)c1nc([C@H](O)C[C@H](O)[C@H](O)[C@H](C)O)co1. The molecule has 4 N–H and O–H groups in total. The Balaban J connectivity index is 1.77. The second-order valence-corrected chi connectivity index (χ2v) is 10.5. The third kappa shape index (κ3) is 11.6. The third-order valence-corrected chi connectivity index (χ3v) is 6.58. The molecule has 0 saturated carbocycles. The molecule has 0 bridgehead atoms. The minimum Gasteiger partial charge on any atom is -0.445 e. The van der Waals surface area contributed by atoms with Gasteiger partial charge in [-0.15, -0.1) is 0 Å². The maximum absolute atomic E-state index is 12.5. The minimum absolute atomic E-state index is 0.0110. The van der Waals surface area contributed by atoms with Gasteiger partial charge in [0, 0.05) is 12.8 Å². The van der Waals surface area contributed by atoms with Crippen LogP contribution in [0.1, 0.15) is 127 Å². The van der Waals surface area contributed by atoms with Crippen molar-refractivity contribution in [1.29, 1.82) is 0 Å². The van der Waals surface area contributed by atoms with E-state index in [1.165, 1.54) is 70.7 Å². The van der Waals surface area contributed by atoms with E-state index >= 15 is 0 Å². The molecule has 2 rings (SSSR count). The molecule has 2 aromatic heterocycles. The zero-order valence-corrected chi connectivity index (χ0v) is 23.0. The van der Waals surface area contributed by atoms with Crippen LogP contribution in [0.5, 0.6) is 0 Å². The van der Waals surface area contributed by atoms with Crippen molar-refractivity contribution in [3.63, 3.8) is 0 Å². The summed E-state index contributed by atoms with van der Waals surface area (Å²) in [6.07, 6.45) is 9.12. The molecule has 0 unspecified atom stereocenters. The predicted molar refractivity (Wildman–Crippen MR) is 140 cm³/mol. The highest BCUT2D eigenvalue weighted by Gasteiger charge is 2.30. The van der Waals surface area contributed by atoms with E-state index in [2.05, 4.69) is 23.8 Å². The van der Waals surface area contributed by atoms with Crippen molar-refractivity contribution in [2.24, 2.45) is 5.92 Å². The number of hydrogen-bond donors (Lipinski definition) is 4. The molecule has 0 radical (unpaired) electrons. The van der Waals surface area contributed by atoms with Crippen molar-refractivity contribution < 1.29 is 38.8 Å². The van der Waals surface area contributed by atoms with E-state index in [4.69, 9.17) is 13.6 Å². The van der Waals surface area contributed by atoms with Crippen molar-refractivity contribution in [1.82, 2.24) is 9.97 Å². The topological polar surface area (TPSA) is 159 Å². The number of rotatable bonds is 20. The lowest BCUT2D eigenvalue weighted by Crippen LogP contribution is -2.36. The van der Waals surface area contributed by atoms with Gasteiger partial charge in [0.2, 0.25) is 12.0 Å². The Morgan fingerprint density at radius 2 is 1.55 bits per heavy atom. The van der Waals surface area contributed by atoms with Crippen LogP contribution in [-0.4, -0.2) is 54.7 Å². The second kappa shape index (κ2) is 17.3. The monoisotopic (exact) mass is 538 g/mol. The van der Waals surface area contributed by atoms with E-state index in [9.17, 15) is 25.2 Å². The number of aliphatic hydroxyl groups is 4. The molecule has 2 heterocycles. The predicted octanol–water partition coefficient (Wildman–Crippen LogP) is 4.77. The molecule has 216 valence electrons. The molecule has 10 heteroatoms. The Hall–Kier alpha value is -2.27. The molecule has 0 aliphatic rings. The van der Waals surface area contributed by atoms with Crippen molar-refractivity contribution >= 4 is 5.97 Å². The van der Waals surface area contributed by atoms with Crippen LogP contribution in [0.15, 0.2) is 27.7 Å². The zero-order chi connectivity index (χ0) is 27.9. The first kappa shape index (κ1) is 31.9. The van der Waals surface area contributed by atoms with Crippen LogP contribution in [0, 0.1) is 5.92 Å². The van der Waals surface area contributed by atoms with Crippen LogP contribution in [0.3, 0.4) is 0 Å². The van der Waals surface area contributed by atoms with Crippen LogP contribution >= 0.6 is 0 Å². The number of aliphatic hydroxyl groups excluding tert-OH is 4. The average Bonchev–Trinajstić information content (AvgIpc) is 3.58. The summed E-state index contributed by atoms with van der Waals surface area (Å²) in [5.74, 6) is 0.575. The normalized spacial score (nSPS) is 15.8. The van der Waals surface area contributed by atoms with Gasteiger partial charge in [-0.2, -0.15) is 0 Å². The maximum Gasteiger partial charge on any atom is 0.307 e. The van der Waals surface area contributed by atoms with Crippen LogP contribution in [-0.2, 0) is 9.53 Å². The molecule has 0 amide bonds. The summed E-state index contributed by atoms with van der Waals surface area (Å²) in [5.41, 5.74) is 0.0809. The number of aromatic nitrogens is 2. The molecule has 5 atom stereocenters. The van der Waals surface area contributed by atoms with Crippen LogP contribution < -0.4 is 0 Å². The molecule has 38 heavy (non-hydrogen) atoms.